The summed E-state index contributed by atoms with van der Waals surface area (Å²) >= 11 is 5.98. The van der Waals surface area contributed by atoms with E-state index in [2.05, 4.69) is 10.6 Å². The largest absolute Gasteiger partial charge is 0.479 e. The molecule has 2 amide bonds. The van der Waals surface area contributed by atoms with Gasteiger partial charge in [0, 0.05) is 17.3 Å². The Morgan fingerprint density at radius 3 is 2.86 bits per heavy atom. The molecule has 7 heteroatoms. The predicted octanol–water partition coefficient (Wildman–Crippen LogP) is 2.40. The van der Waals surface area contributed by atoms with Gasteiger partial charge < -0.3 is 20.5 Å². The molecule has 114 valence electrons. The number of anilines is 1. The van der Waals surface area contributed by atoms with Gasteiger partial charge in [-0.05, 0) is 37.5 Å². The molecule has 2 unspecified atom stereocenters. The standard InChI is InChI=1S/C14H17ClN2O4/c1-8-10(15)3-2-4-11(8)17-14(20)16-7-9-5-6-12(21-9)13(18)19/h2-4,9,12H,5-7H2,1H3,(H,18,19)(H2,16,17,20). The highest BCUT2D eigenvalue weighted by Crippen LogP contribution is 2.23. The van der Waals surface area contributed by atoms with Gasteiger partial charge in [0.15, 0.2) is 6.10 Å². The molecular formula is C14H17ClN2O4. The lowest BCUT2D eigenvalue weighted by molar-refractivity contribution is -0.149. The van der Waals surface area contributed by atoms with E-state index in [1.807, 2.05) is 6.92 Å². The fourth-order valence-corrected chi connectivity index (χ4v) is 2.33. The average Bonchev–Trinajstić information content (AvgIpc) is 2.91. The smallest absolute Gasteiger partial charge is 0.332 e. The average molecular weight is 313 g/mol. The minimum absolute atomic E-state index is 0.266. The summed E-state index contributed by atoms with van der Waals surface area (Å²) in [6.07, 6.45) is 0.0526. The summed E-state index contributed by atoms with van der Waals surface area (Å²) in [5.41, 5.74) is 1.42. The van der Waals surface area contributed by atoms with Crippen LogP contribution in [0.15, 0.2) is 18.2 Å². The lowest BCUT2D eigenvalue weighted by Crippen LogP contribution is -2.36. The molecular weight excluding hydrogens is 296 g/mol. The van der Waals surface area contributed by atoms with Crippen LogP contribution in [0, 0.1) is 6.92 Å². The monoisotopic (exact) mass is 312 g/mol. The van der Waals surface area contributed by atoms with Crippen molar-refractivity contribution in [2.75, 3.05) is 11.9 Å². The lowest BCUT2D eigenvalue weighted by atomic mass is 10.2. The summed E-state index contributed by atoms with van der Waals surface area (Å²) in [6.45, 7) is 2.09. The van der Waals surface area contributed by atoms with Crippen molar-refractivity contribution in [1.82, 2.24) is 5.32 Å². The van der Waals surface area contributed by atoms with Crippen molar-refractivity contribution in [3.8, 4) is 0 Å². The number of aliphatic carboxylic acids is 1. The Balaban J connectivity index is 1.80. The van der Waals surface area contributed by atoms with Crippen molar-refractivity contribution < 1.29 is 19.4 Å². The number of urea groups is 1. The molecule has 0 aromatic heterocycles. The molecule has 0 bridgehead atoms. The van der Waals surface area contributed by atoms with Crippen LogP contribution in [-0.4, -0.2) is 35.9 Å². The Kier molecular flexibility index (Phi) is 5.03. The molecule has 1 aliphatic heterocycles. The number of nitrogens with one attached hydrogen (secondary N) is 2. The molecule has 6 nitrogen and oxygen atoms in total. The summed E-state index contributed by atoms with van der Waals surface area (Å²) in [4.78, 5) is 22.6. The molecule has 1 heterocycles. The second kappa shape index (κ2) is 6.78. The van der Waals surface area contributed by atoms with Crippen LogP contribution in [0.3, 0.4) is 0 Å². The third-order valence-corrected chi connectivity index (χ3v) is 3.80. The quantitative estimate of drug-likeness (QED) is 0.796. The van der Waals surface area contributed by atoms with Gasteiger partial charge in [-0.25, -0.2) is 9.59 Å². The third kappa shape index (κ3) is 4.09. The Morgan fingerprint density at radius 2 is 2.19 bits per heavy atom. The number of ether oxygens (including phenoxy) is 1. The zero-order chi connectivity index (χ0) is 15.4. The third-order valence-electron chi connectivity index (χ3n) is 3.39. The van der Waals surface area contributed by atoms with Gasteiger partial charge in [0.1, 0.15) is 0 Å². The van der Waals surface area contributed by atoms with Gasteiger partial charge in [-0.15, -0.1) is 0 Å². The van der Waals surface area contributed by atoms with Gasteiger partial charge in [0.25, 0.3) is 0 Å². The van der Waals surface area contributed by atoms with E-state index < -0.39 is 12.1 Å². The zero-order valence-corrected chi connectivity index (χ0v) is 12.3. The Bertz CT molecular complexity index is 550. The maximum Gasteiger partial charge on any atom is 0.332 e. The van der Waals surface area contributed by atoms with Gasteiger partial charge in [-0.2, -0.15) is 0 Å². The van der Waals surface area contributed by atoms with Crippen LogP contribution >= 0.6 is 11.6 Å². The molecule has 3 N–H and O–H groups in total. The molecule has 1 aromatic rings. The first-order valence-corrected chi connectivity index (χ1v) is 7.03. The molecule has 1 fully saturated rings. The highest BCUT2D eigenvalue weighted by Gasteiger charge is 2.30. The minimum Gasteiger partial charge on any atom is -0.479 e. The van der Waals surface area contributed by atoms with Crippen molar-refractivity contribution in [2.24, 2.45) is 0 Å². The Labute approximate surface area is 127 Å². The number of amides is 2. The number of carbonyl (C=O) groups excluding carboxylic acids is 1. The van der Waals surface area contributed by atoms with Crippen LogP contribution < -0.4 is 10.6 Å². The van der Waals surface area contributed by atoms with Crippen LogP contribution in [-0.2, 0) is 9.53 Å². The predicted molar refractivity (Wildman–Crippen MR) is 78.7 cm³/mol. The van der Waals surface area contributed by atoms with E-state index in [1.54, 1.807) is 18.2 Å². The number of carboxylic acid groups (broad SMARTS) is 1. The van der Waals surface area contributed by atoms with Gasteiger partial charge in [0.2, 0.25) is 0 Å². The van der Waals surface area contributed by atoms with Crippen molar-refractivity contribution >= 4 is 29.3 Å². The van der Waals surface area contributed by atoms with Crippen LogP contribution in [0.5, 0.6) is 0 Å². The molecule has 0 aliphatic carbocycles. The molecule has 0 saturated carbocycles. The second-order valence-corrected chi connectivity index (χ2v) is 5.32. The van der Waals surface area contributed by atoms with E-state index in [0.29, 0.717) is 23.6 Å². The summed E-state index contributed by atoms with van der Waals surface area (Å²) in [6, 6.07) is 4.89. The van der Waals surface area contributed by atoms with Crippen LogP contribution in [0.1, 0.15) is 18.4 Å². The molecule has 0 radical (unpaired) electrons. The first-order chi connectivity index (χ1) is 9.97. The number of carboxylic acids is 1. The second-order valence-electron chi connectivity index (χ2n) is 4.91. The molecule has 1 aromatic carbocycles. The fourth-order valence-electron chi connectivity index (χ4n) is 2.15. The van der Waals surface area contributed by atoms with Crippen molar-refractivity contribution in [3.63, 3.8) is 0 Å². The zero-order valence-electron chi connectivity index (χ0n) is 11.6. The lowest BCUT2D eigenvalue weighted by Gasteiger charge is -2.14. The topological polar surface area (TPSA) is 87.7 Å². The minimum atomic E-state index is -0.962. The fraction of sp³-hybridized carbons (Fsp3) is 0.429. The molecule has 1 saturated heterocycles. The number of benzene rings is 1. The van der Waals surface area contributed by atoms with E-state index in [0.717, 1.165) is 5.56 Å². The SMILES string of the molecule is Cc1c(Cl)cccc1NC(=O)NCC1CCC(C(=O)O)O1. The number of halogens is 1. The summed E-state index contributed by atoms with van der Waals surface area (Å²) in [7, 11) is 0. The van der Waals surface area contributed by atoms with E-state index in [-0.39, 0.29) is 18.7 Å². The van der Waals surface area contributed by atoms with Crippen LogP contribution in [0.4, 0.5) is 10.5 Å². The van der Waals surface area contributed by atoms with E-state index in [4.69, 9.17) is 21.4 Å². The van der Waals surface area contributed by atoms with Crippen molar-refractivity contribution in [2.45, 2.75) is 32.0 Å². The van der Waals surface area contributed by atoms with E-state index >= 15 is 0 Å². The van der Waals surface area contributed by atoms with Crippen molar-refractivity contribution in [1.29, 1.82) is 0 Å². The molecule has 2 atom stereocenters. The van der Waals surface area contributed by atoms with Crippen LogP contribution in [0.2, 0.25) is 5.02 Å². The Hall–Kier alpha value is -1.79. The normalized spacial score (nSPS) is 21.0. The number of hydrogen-bond acceptors (Lipinski definition) is 3. The van der Waals surface area contributed by atoms with Crippen molar-refractivity contribution in [3.05, 3.63) is 28.8 Å². The number of hydrogen-bond donors (Lipinski definition) is 3. The first-order valence-electron chi connectivity index (χ1n) is 6.65. The maximum absolute atomic E-state index is 11.8. The summed E-state index contributed by atoms with van der Waals surface area (Å²) < 4.78 is 5.30. The van der Waals surface area contributed by atoms with Gasteiger partial charge >= 0.3 is 12.0 Å². The molecule has 2 rings (SSSR count). The summed E-state index contributed by atoms with van der Waals surface area (Å²) in [5.74, 6) is -0.962. The highest BCUT2D eigenvalue weighted by atomic mass is 35.5. The highest BCUT2D eigenvalue weighted by molar-refractivity contribution is 6.31. The number of carbonyl (C=O) groups is 2. The van der Waals surface area contributed by atoms with Gasteiger partial charge in [0.05, 0.1) is 6.10 Å². The van der Waals surface area contributed by atoms with Crippen LogP contribution in [0.25, 0.3) is 0 Å². The van der Waals surface area contributed by atoms with E-state index in [9.17, 15) is 9.59 Å². The Morgan fingerprint density at radius 1 is 1.43 bits per heavy atom. The number of rotatable bonds is 4. The van der Waals surface area contributed by atoms with Gasteiger partial charge in [-0.1, -0.05) is 17.7 Å². The molecule has 21 heavy (non-hydrogen) atoms. The summed E-state index contributed by atoms with van der Waals surface area (Å²) in [5, 5.41) is 14.8. The molecule has 1 aliphatic rings. The van der Waals surface area contributed by atoms with E-state index in [1.165, 1.54) is 0 Å². The first kappa shape index (κ1) is 15.6. The van der Waals surface area contributed by atoms with Gasteiger partial charge in [-0.3, -0.25) is 0 Å². The maximum atomic E-state index is 11.8. The molecule has 0 spiro atoms.